The van der Waals surface area contributed by atoms with Crippen molar-refractivity contribution in [2.24, 2.45) is 0 Å². The fourth-order valence-corrected chi connectivity index (χ4v) is 2.88. The summed E-state index contributed by atoms with van der Waals surface area (Å²) in [4.78, 5) is 38.0. The molecule has 1 N–H and O–H groups in total. The van der Waals surface area contributed by atoms with Gasteiger partial charge in [0.05, 0.1) is 6.54 Å². The molecule has 2 aromatic carbocycles. The van der Waals surface area contributed by atoms with Crippen molar-refractivity contribution in [1.82, 2.24) is 10.2 Å². The van der Waals surface area contributed by atoms with Gasteiger partial charge >= 0.3 is 6.03 Å². The van der Waals surface area contributed by atoms with Gasteiger partial charge in [0.25, 0.3) is 5.91 Å². The number of aryl methyl sites for hydroxylation is 1. The molecule has 26 heavy (non-hydrogen) atoms. The maximum Gasteiger partial charge on any atom is 0.325 e. The average molecular weight is 358 g/mol. The zero-order valence-electron chi connectivity index (χ0n) is 14.2. The van der Waals surface area contributed by atoms with Crippen molar-refractivity contribution < 1.29 is 23.2 Å². The molecule has 1 fully saturated rings. The summed E-state index contributed by atoms with van der Waals surface area (Å²) in [6.45, 7) is 2.66. The highest BCUT2D eigenvalue weighted by molar-refractivity contribution is 6.11. The second-order valence-corrected chi connectivity index (χ2v) is 6.36. The Labute approximate surface area is 148 Å². The first kappa shape index (κ1) is 17.7. The normalized spacial score (nSPS) is 19.6. The van der Waals surface area contributed by atoms with Gasteiger partial charge in [-0.15, -0.1) is 0 Å². The number of nitrogens with zero attached hydrogens (tertiary/aromatic N) is 1. The molecule has 1 aliphatic heterocycles. The van der Waals surface area contributed by atoms with E-state index in [2.05, 4.69) is 5.32 Å². The molecule has 5 nitrogen and oxygen atoms in total. The number of amides is 3. The van der Waals surface area contributed by atoms with E-state index < -0.39 is 41.4 Å². The van der Waals surface area contributed by atoms with E-state index in [4.69, 9.17) is 0 Å². The minimum atomic E-state index is -1.78. The number of imide groups is 1. The number of carbonyl (C=O) groups is 3. The molecule has 3 amide bonds. The van der Waals surface area contributed by atoms with Crippen LogP contribution in [0.3, 0.4) is 0 Å². The van der Waals surface area contributed by atoms with Gasteiger partial charge in [-0.25, -0.2) is 13.6 Å². The number of rotatable bonds is 4. The van der Waals surface area contributed by atoms with Crippen LogP contribution in [0.15, 0.2) is 42.5 Å². The number of benzene rings is 2. The largest absolute Gasteiger partial charge is 0.325 e. The minimum absolute atomic E-state index is 0.291. The lowest BCUT2D eigenvalue weighted by molar-refractivity contribution is -0.130. The second kappa shape index (κ2) is 6.33. The smallest absolute Gasteiger partial charge is 0.319 e. The van der Waals surface area contributed by atoms with Crippen LogP contribution in [0.5, 0.6) is 0 Å². The predicted molar refractivity (Wildman–Crippen MR) is 89.5 cm³/mol. The Balaban J connectivity index is 1.88. The summed E-state index contributed by atoms with van der Waals surface area (Å²) in [5, 5.41) is 2.36. The monoisotopic (exact) mass is 358 g/mol. The van der Waals surface area contributed by atoms with Gasteiger partial charge in [-0.1, -0.05) is 29.8 Å². The van der Waals surface area contributed by atoms with Crippen LogP contribution in [0.25, 0.3) is 0 Å². The molecule has 1 saturated heterocycles. The predicted octanol–water partition coefficient (Wildman–Crippen LogP) is 2.92. The number of carbonyl (C=O) groups excluding carboxylic acids is 3. The summed E-state index contributed by atoms with van der Waals surface area (Å²) >= 11 is 0. The molecule has 1 atom stereocenters. The number of urea groups is 1. The fraction of sp³-hybridized carbons (Fsp3) is 0.211. The minimum Gasteiger partial charge on any atom is -0.319 e. The van der Waals surface area contributed by atoms with Crippen LogP contribution in [0.4, 0.5) is 13.6 Å². The van der Waals surface area contributed by atoms with Crippen molar-refractivity contribution in [3.05, 3.63) is 70.8 Å². The summed E-state index contributed by atoms with van der Waals surface area (Å²) in [5.41, 5.74) is -0.759. The zero-order valence-corrected chi connectivity index (χ0v) is 14.2. The van der Waals surface area contributed by atoms with Gasteiger partial charge in [0.2, 0.25) is 0 Å². The van der Waals surface area contributed by atoms with Gasteiger partial charge in [-0.2, -0.15) is 0 Å². The van der Waals surface area contributed by atoms with Crippen LogP contribution < -0.4 is 5.32 Å². The van der Waals surface area contributed by atoms with E-state index in [-0.39, 0.29) is 5.56 Å². The third kappa shape index (κ3) is 2.96. The first-order valence-corrected chi connectivity index (χ1v) is 7.92. The van der Waals surface area contributed by atoms with Gasteiger partial charge in [-0.05, 0) is 32.0 Å². The molecule has 0 spiro atoms. The van der Waals surface area contributed by atoms with Crippen molar-refractivity contribution in [2.75, 3.05) is 6.54 Å². The van der Waals surface area contributed by atoms with E-state index in [1.165, 1.54) is 6.92 Å². The first-order valence-electron chi connectivity index (χ1n) is 7.92. The molecule has 0 saturated carbocycles. The third-order valence-corrected chi connectivity index (χ3v) is 4.42. The van der Waals surface area contributed by atoms with Crippen LogP contribution in [-0.4, -0.2) is 29.2 Å². The zero-order chi connectivity index (χ0) is 19.1. The molecule has 0 bridgehead atoms. The van der Waals surface area contributed by atoms with Crippen LogP contribution in [0, 0.1) is 18.6 Å². The Morgan fingerprint density at radius 3 is 2.42 bits per heavy atom. The Morgan fingerprint density at radius 2 is 1.77 bits per heavy atom. The van der Waals surface area contributed by atoms with E-state index in [0.29, 0.717) is 10.5 Å². The van der Waals surface area contributed by atoms with Crippen molar-refractivity contribution in [3.8, 4) is 0 Å². The molecule has 1 heterocycles. The highest BCUT2D eigenvalue weighted by Gasteiger charge is 2.50. The lowest BCUT2D eigenvalue weighted by atomic mass is 9.91. The molecule has 0 aromatic heterocycles. The molecule has 1 aliphatic rings. The lowest BCUT2D eigenvalue weighted by Crippen LogP contribution is -2.42. The molecule has 3 rings (SSSR count). The Bertz CT molecular complexity index is 912. The molecular weight excluding hydrogens is 342 g/mol. The van der Waals surface area contributed by atoms with Crippen molar-refractivity contribution >= 4 is 17.7 Å². The maximum absolute atomic E-state index is 14.1. The Hall–Kier alpha value is -3.09. The van der Waals surface area contributed by atoms with Crippen molar-refractivity contribution in [3.63, 3.8) is 0 Å². The van der Waals surface area contributed by atoms with Gasteiger partial charge in [0.1, 0.15) is 17.2 Å². The van der Waals surface area contributed by atoms with Crippen LogP contribution in [0.1, 0.15) is 28.4 Å². The molecule has 0 aliphatic carbocycles. The highest BCUT2D eigenvalue weighted by Crippen LogP contribution is 2.31. The van der Waals surface area contributed by atoms with E-state index in [0.717, 1.165) is 23.8 Å². The topological polar surface area (TPSA) is 66.5 Å². The molecule has 2 aromatic rings. The average Bonchev–Trinajstić information content (AvgIpc) is 2.81. The summed E-state index contributed by atoms with van der Waals surface area (Å²) in [6, 6.07) is 8.51. The summed E-state index contributed by atoms with van der Waals surface area (Å²) in [6.07, 6.45) is 0. The molecule has 134 valence electrons. The second-order valence-electron chi connectivity index (χ2n) is 6.36. The van der Waals surface area contributed by atoms with Gasteiger partial charge in [0, 0.05) is 11.1 Å². The van der Waals surface area contributed by atoms with Crippen LogP contribution in [-0.2, 0) is 10.3 Å². The highest BCUT2D eigenvalue weighted by atomic mass is 19.1. The van der Waals surface area contributed by atoms with E-state index in [9.17, 15) is 23.2 Å². The summed E-state index contributed by atoms with van der Waals surface area (Å²) < 4.78 is 27.6. The number of nitrogens with one attached hydrogen (secondary N) is 1. The van der Waals surface area contributed by atoms with E-state index in [1.54, 1.807) is 24.3 Å². The Morgan fingerprint density at radius 1 is 1.12 bits per heavy atom. The first-order chi connectivity index (χ1) is 12.2. The third-order valence-electron chi connectivity index (χ3n) is 4.42. The Kier molecular flexibility index (Phi) is 4.31. The van der Waals surface area contributed by atoms with Gasteiger partial charge < -0.3 is 5.32 Å². The number of Topliss-reactive ketones (excluding diaryl/α,β-unsaturated/α-hetero) is 1. The summed E-state index contributed by atoms with van der Waals surface area (Å²) in [5.74, 6) is -2.81. The van der Waals surface area contributed by atoms with Crippen LogP contribution in [0.2, 0.25) is 0 Å². The number of hydrogen-bond acceptors (Lipinski definition) is 3. The van der Waals surface area contributed by atoms with E-state index in [1.807, 2.05) is 6.92 Å². The van der Waals surface area contributed by atoms with Crippen molar-refractivity contribution in [1.29, 1.82) is 0 Å². The molecule has 7 heteroatoms. The van der Waals surface area contributed by atoms with Gasteiger partial charge in [-0.3, -0.25) is 14.5 Å². The SMILES string of the molecule is Cc1ccc(C(=O)CN2C(=O)NC(C)(c3cc(F)ccc3F)C2=O)cc1. The van der Waals surface area contributed by atoms with E-state index >= 15 is 0 Å². The quantitative estimate of drug-likeness (QED) is 0.675. The molecular formula is C19H16F2N2O3. The number of ketones is 1. The fourth-order valence-electron chi connectivity index (χ4n) is 2.88. The summed E-state index contributed by atoms with van der Waals surface area (Å²) in [7, 11) is 0. The number of hydrogen-bond donors (Lipinski definition) is 1. The number of halogens is 2. The standard InChI is InChI=1S/C19H16F2N2O3/c1-11-3-5-12(6-4-11)16(24)10-23-17(25)19(2,22-18(23)26)14-9-13(20)7-8-15(14)21/h3-9H,10H2,1-2H3,(H,22,26). The molecule has 0 radical (unpaired) electrons. The molecule has 1 unspecified atom stereocenters. The van der Waals surface area contributed by atoms with Crippen LogP contribution >= 0.6 is 0 Å². The van der Waals surface area contributed by atoms with Gasteiger partial charge in [0.15, 0.2) is 5.78 Å². The van der Waals surface area contributed by atoms with Crippen molar-refractivity contribution in [2.45, 2.75) is 19.4 Å². The maximum atomic E-state index is 14.1. The lowest BCUT2D eigenvalue weighted by Gasteiger charge is -2.22.